The number of fused-ring (bicyclic) bond motifs is 1. The number of hydrogen-bond acceptors (Lipinski definition) is 3. The largest absolute Gasteiger partial charge is 0.538 e. The van der Waals surface area contributed by atoms with Crippen LogP contribution in [0, 0.1) is 13.8 Å². The predicted octanol–water partition coefficient (Wildman–Crippen LogP) is 6.57. The van der Waals surface area contributed by atoms with E-state index in [0.717, 1.165) is 21.1 Å². The highest BCUT2D eigenvalue weighted by atomic mass is 28.4. The van der Waals surface area contributed by atoms with Crippen molar-refractivity contribution in [3.63, 3.8) is 0 Å². The third-order valence-corrected chi connectivity index (χ3v) is 8.21. The van der Waals surface area contributed by atoms with E-state index in [1.807, 2.05) is 57.3 Å². The number of hydrogen-bond donors (Lipinski definition) is 0. The number of aromatic nitrogens is 3. The molecule has 0 saturated heterocycles. The molecule has 3 aromatic carbocycles. The summed E-state index contributed by atoms with van der Waals surface area (Å²) in [5, 5.41) is 9.18. The van der Waals surface area contributed by atoms with Gasteiger partial charge in [0.05, 0.1) is 11.1 Å². The first-order valence-electron chi connectivity index (χ1n) is 10.6. The molecule has 0 amide bonds. The maximum Gasteiger partial charge on any atom is 0.417 e. The summed E-state index contributed by atoms with van der Waals surface area (Å²) in [5.41, 5.74) is -2.18. The van der Waals surface area contributed by atoms with Crippen LogP contribution in [0.3, 0.4) is 0 Å². The van der Waals surface area contributed by atoms with Crippen LogP contribution in [0.4, 0.5) is 26.3 Å². The standard InChI is InChI=1S/C24H21F6N3OSi/c1-14-10-21(22(11-15(14)2)34-35(3,4)16-8-6-5-7-9-16)33-31-19-12-17(23(25,26)27)18(24(28,29)30)13-20(19)32-33/h5-13H,1-4H3. The zero-order valence-corrected chi connectivity index (χ0v) is 20.2. The second-order valence-corrected chi connectivity index (χ2v) is 12.6. The fraction of sp³-hybridized carbons (Fsp3) is 0.250. The van der Waals surface area contributed by atoms with E-state index in [1.165, 1.54) is 0 Å². The first-order chi connectivity index (χ1) is 16.2. The van der Waals surface area contributed by atoms with E-state index in [-0.39, 0.29) is 11.0 Å². The molecule has 4 rings (SSSR count). The molecule has 35 heavy (non-hydrogen) atoms. The zero-order chi connectivity index (χ0) is 25.8. The van der Waals surface area contributed by atoms with Crippen molar-refractivity contribution in [2.45, 2.75) is 39.3 Å². The van der Waals surface area contributed by atoms with Gasteiger partial charge in [-0.05, 0) is 67.5 Å². The molecule has 1 aromatic heterocycles. The lowest BCUT2D eigenvalue weighted by Crippen LogP contribution is -2.47. The van der Waals surface area contributed by atoms with Crippen LogP contribution in [0.2, 0.25) is 13.1 Å². The van der Waals surface area contributed by atoms with Crippen molar-refractivity contribution in [1.29, 1.82) is 0 Å². The Morgan fingerprint density at radius 2 is 1.23 bits per heavy atom. The molecule has 0 bridgehead atoms. The zero-order valence-electron chi connectivity index (χ0n) is 19.2. The smallest absolute Gasteiger partial charge is 0.417 e. The van der Waals surface area contributed by atoms with Gasteiger partial charge in [0.25, 0.3) is 8.32 Å². The van der Waals surface area contributed by atoms with Gasteiger partial charge in [-0.3, -0.25) is 0 Å². The van der Waals surface area contributed by atoms with Crippen LogP contribution in [0.5, 0.6) is 5.75 Å². The summed E-state index contributed by atoms with van der Waals surface area (Å²) in [6.07, 6.45) is -10.4. The molecule has 4 nitrogen and oxygen atoms in total. The van der Waals surface area contributed by atoms with Gasteiger partial charge in [0, 0.05) is 0 Å². The van der Waals surface area contributed by atoms with Crippen LogP contribution >= 0.6 is 0 Å². The van der Waals surface area contributed by atoms with Crippen molar-refractivity contribution in [2.24, 2.45) is 0 Å². The van der Waals surface area contributed by atoms with Crippen molar-refractivity contribution in [3.05, 3.63) is 76.9 Å². The second kappa shape index (κ2) is 8.40. The summed E-state index contributed by atoms with van der Waals surface area (Å²) in [6, 6.07) is 13.8. The minimum atomic E-state index is -5.21. The van der Waals surface area contributed by atoms with Gasteiger partial charge in [-0.15, -0.1) is 15.0 Å². The van der Waals surface area contributed by atoms with Crippen LogP contribution in [-0.2, 0) is 12.4 Å². The molecule has 0 saturated carbocycles. The molecular weight excluding hydrogens is 488 g/mol. The molecule has 4 aromatic rings. The number of halogens is 6. The molecule has 0 fully saturated rings. The highest BCUT2D eigenvalue weighted by molar-refractivity contribution is 6.85. The Morgan fingerprint density at radius 1 is 0.743 bits per heavy atom. The highest BCUT2D eigenvalue weighted by Gasteiger charge is 2.43. The van der Waals surface area contributed by atoms with Crippen LogP contribution in [0.25, 0.3) is 16.7 Å². The van der Waals surface area contributed by atoms with Gasteiger partial charge in [0.1, 0.15) is 22.5 Å². The summed E-state index contributed by atoms with van der Waals surface area (Å²) < 4.78 is 86.7. The third-order valence-electron chi connectivity index (χ3n) is 5.76. The molecule has 0 aliphatic rings. The minimum Gasteiger partial charge on any atom is -0.538 e. The van der Waals surface area contributed by atoms with Gasteiger partial charge in [0.2, 0.25) is 0 Å². The van der Waals surface area contributed by atoms with Crippen molar-refractivity contribution < 1.29 is 30.8 Å². The van der Waals surface area contributed by atoms with E-state index in [0.29, 0.717) is 23.6 Å². The van der Waals surface area contributed by atoms with Crippen LogP contribution < -0.4 is 9.61 Å². The van der Waals surface area contributed by atoms with Crippen molar-refractivity contribution in [2.75, 3.05) is 0 Å². The van der Waals surface area contributed by atoms with E-state index in [4.69, 9.17) is 4.43 Å². The van der Waals surface area contributed by atoms with Crippen LogP contribution in [0.1, 0.15) is 22.3 Å². The molecule has 0 unspecified atom stereocenters. The van der Waals surface area contributed by atoms with Crippen molar-refractivity contribution in [3.8, 4) is 11.4 Å². The molecule has 0 aliphatic carbocycles. The van der Waals surface area contributed by atoms with Gasteiger partial charge in [-0.25, -0.2) is 0 Å². The average molecular weight is 510 g/mol. The molecule has 0 atom stereocenters. The van der Waals surface area contributed by atoms with Crippen LogP contribution in [0.15, 0.2) is 54.6 Å². The van der Waals surface area contributed by atoms with E-state index in [1.54, 1.807) is 12.1 Å². The maximum atomic E-state index is 13.4. The molecule has 0 N–H and O–H groups in total. The van der Waals surface area contributed by atoms with Crippen molar-refractivity contribution in [1.82, 2.24) is 15.0 Å². The normalized spacial score (nSPS) is 12.9. The first kappa shape index (κ1) is 24.8. The van der Waals surface area contributed by atoms with Gasteiger partial charge in [-0.2, -0.15) is 26.3 Å². The fourth-order valence-electron chi connectivity index (χ4n) is 3.73. The molecule has 11 heteroatoms. The lowest BCUT2D eigenvalue weighted by Gasteiger charge is -2.26. The summed E-state index contributed by atoms with van der Waals surface area (Å²) >= 11 is 0. The Hall–Kier alpha value is -3.34. The summed E-state index contributed by atoms with van der Waals surface area (Å²) in [7, 11) is -2.50. The Labute approximate surface area is 198 Å². The van der Waals surface area contributed by atoms with E-state index < -0.39 is 31.8 Å². The first-order valence-corrected chi connectivity index (χ1v) is 13.5. The number of nitrogens with zero attached hydrogens (tertiary/aromatic N) is 3. The molecule has 0 radical (unpaired) electrons. The Kier molecular flexibility index (Phi) is 5.94. The van der Waals surface area contributed by atoms with E-state index in [9.17, 15) is 26.3 Å². The number of aryl methyl sites for hydroxylation is 2. The topological polar surface area (TPSA) is 39.9 Å². The lowest BCUT2D eigenvalue weighted by molar-refractivity contribution is -0.161. The minimum absolute atomic E-state index is 0.311. The maximum absolute atomic E-state index is 13.4. The summed E-state index contributed by atoms with van der Waals surface area (Å²) in [5.74, 6) is 0.390. The number of rotatable bonds is 4. The second-order valence-electron chi connectivity index (χ2n) is 8.75. The lowest BCUT2D eigenvalue weighted by atomic mass is 10.1. The van der Waals surface area contributed by atoms with Gasteiger partial charge < -0.3 is 4.43 Å². The average Bonchev–Trinajstić information content (AvgIpc) is 3.17. The Morgan fingerprint density at radius 3 is 1.71 bits per heavy atom. The molecule has 0 spiro atoms. The quantitative estimate of drug-likeness (QED) is 0.231. The molecule has 184 valence electrons. The van der Waals surface area contributed by atoms with Gasteiger partial charge in [-0.1, -0.05) is 30.3 Å². The summed E-state index contributed by atoms with van der Waals surface area (Å²) in [6.45, 7) is 7.68. The molecule has 0 aliphatic heterocycles. The predicted molar refractivity (Wildman–Crippen MR) is 123 cm³/mol. The molecule has 1 heterocycles. The Balaban J connectivity index is 1.88. The monoisotopic (exact) mass is 509 g/mol. The Bertz CT molecular complexity index is 1340. The fourth-order valence-corrected chi connectivity index (χ4v) is 5.55. The van der Waals surface area contributed by atoms with Gasteiger partial charge >= 0.3 is 12.4 Å². The summed E-state index contributed by atoms with van der Waals surface area (Å²) in [4.78, 5) is 1.03. The van der Waals surface area contributed by atoms with Crippen LogP contribution in [-0.4, -0.2) is 23.3 Å². The third kappa shape index (κ3) is 4.90. The number of alkyl halides is 6. The van der Waals surface area contributed by atoms with Crippen molar-refractivity contribution >= 4 is 24.5 Å². The molecular formula is C24H21F6N3OSi. The SMILES string of the molecule is Cc1cc(O[Si](C)(C)c2ccccc2)c(-n2nc3cc(C(F)(F)F)c(C(F)(F)F)cc3n2)cc1C. The van der Waals surface area contributed by atoms with E-state index >= 15 is 0 Å². The highest BCUT2D eigenvalue weighted by Crippen LogP contribution is 2.42. The number of benzene rings is 3. The van der Waals surface area contributed by atoms with Gasteiger partial charge in [0.15, 0.2) is 0 Å². The van der Waals surface area contributed by atoms with E-state index in [2.05, 4.69) is 10.2 Å².